The van der Waals surface area contributed by atoms with E-state index in [1.165, 1.54) is 154 Å². The molecule has 374 valence electrons. The van der Waals surface area contributed by atoms with Crippen LogP contribution in [-0.2, 0) is 4.79 Å². The maximum Gasteiger partial charge on any atom is 0.220 e. The SMILES string of the molecule is CC/C=C\C/C=C\C/C=C\C/C=C\C/C=C\C/C=C\CCCCCCC(=O)NC(CO)C(O)/C=C/CC/C=C/CCCCCCCCCCCCCCCCCCCCCCCCCC. The maximum absolute atomic E-state index is 12.4. The summed E-state index contributed by atoms with van der Waals surface area (Å²) in [5.41, 5.74) is 0. The number of aliphatic hydroxyl groups excluding tert-OH is 2. The minimum atomic E-state index is -0.881. The van der Waals surface area contributed by atoms with Gasteiger partial charge in [0.05, 0.1) is 18.8 Å². The molecule has 2 unspecified atom stereocenters. The van der Waals surface area contributed by atoms with E-state index in [2.05, 4.69) is 104 Å². The number of amides is 1. The van der Waals surface area contributed by atoms with Crippen molar-refractivity contribution in [1.82, 2.24) is 5.32 Å². The zero-order chi connectivity index (χ0) is 47.0. The molecule has 4 heteroatoms. The number of rotatable bonds is 50. The summed E-state index contributed by atoms with van der Waals surface area (Å²) >= 11 is 0. The summed E-state index contributed by atoms with van der Waals surface area (Å²) in [6.45, 7) is 4.18. The van der Waals surface area contributed by atoms with Gasteiger partial charge in [0.25, 0.3) is 0 Å². The molecule has 1 amide bonds. The van der Waals surface area contributed by atoms with Crippen LogP contribution >= 0.6 is 0 Å². The lowest BCUT2D eigenvalue weighted by Crippen LogP contribution is -2.45. The number of allylic oxidation sites excluding steroid dienone is 15. The van der Waals surface area contributed by atoms with Crippen molar-refractivity contribution in [3.63, 3.8) is 0 Å². The van der Waals surface area contributed by atoms with Crippen molar-refractivity contribution in [2.24, 2.45) is 0 Å². The Morgan fingerprint density at radius 1 is 0.385 bits per heavy atom. The van der Waals surface area contributed by atoms with Gasteiger partial charge >= 0.3 is 0 Å². The fraction of sp³-hybridized carbons (Fsp3) is 0.721. The number of hydrogen-bond donors (Lipinski definition) is 3. The van der Waals surface area contributed by atoms with Gasteiger partial charge in [-0.3, -0.25) is 4.79 Å². The van der Waals surface area contributed by atoms with Crippen LogP contribution in [0.3, 0.4) is 0 Å². The quantitative estimate of drug-likeness (QED) is 0.0421. The molecule has 2 atom stereocenters. The highest BCUT2D eigenvalue weighted by molar-refractivity contribution is 5.76. The van der Waals surface area contributed by atoms with Crippen LogP contribution in [0.2, 0.25) is 0 Å². The van der Waals surface area contributed by atoms with Gasteiger partial charge in [-0.15, -0.1) is 0 Å². The summed E-state index contributed by atoms with van der Waals surface area (Å²) in [6, 6.07) is -0.661. The molecule has 0 fully saturated rings. The normalized spacial score (nSPS) is 13.6. The Morgan fingerprint density at radius 3 is 1.08 bits per heavy atom. The van der Waals surface area contributed by atoms with Gasteiger partial charge < -0.3 is 15.5 Å². The van der Waals surface area contributed by atoms with Gasteiger partial charge in [0.1, 0.15) is 0 Å². The molecule has 0 aromatic rings. The Bertz CT molecular complexity index is 1210. The van der Waals surface area contributed by atoms with E-state index in [0.29, 0.717) is 6.42 Å². The van der Waals surface area contributed by atoms with Crippen LogP contribution in [0, 0.1) is 0 Å². The first-order valence-corrected chi connectivity index (χ1v) is 28.0. The van der Waals surface area contributed by atoms with Crippen molar-refractivity contribution in [3.8, 4) is 0 Å². The first-order valence-electron chi connectivity index (χ1n) is 28.0. The lowest BCUT2D eigenvalue weighted by molar-refractivity contribution is -0.123. The van der Waals surface area contributed by atoms with Gasteiger partial charge in [0.2, 0.25) is 5.91 Å². The molecule has 0 saturated carbocycles. The molecule has 4 nitrogen and oxygen atoms in total. The molecule has 0 heterocycles. The largest absolute Gasteiger partial charge is 0.394 e. The molecule has 0 aliphatic heterocycles. The first kappa shape index (κ1) is 62.3. The van der Waals surface area contributed by atoms with Gasteiger partial charge in [-0.2, -0.15) is 0 Å². The molecule has 0 aliphatic rings. The van der Waals surface area contributed by atoms with E-state index < -0.39 is 12.1 Å². The van der Waals surface area contributed by atoms with Crippen LogP contribution in [-0.4, -0.2) is 34.9 Å². The van der Waals surface area contributed by atoms with Crippen LogP contribution in [0.25, 0.3) is 0 Å². The van der Waals surface area contributed by atoms with Crippen LogP contribution in [0.1, 0.15) is 264 Å². The minimum absolute atomic E-state index is 0.0999. The highest BCUT2D eigenvalue weighted by Gasteiger charge is 2.17. The lowest BCUT2D eigenvalue weighted by atomic mass is 10.0. The maximum atomic E-state index is 12.4. The Hall–Kier alpha value is -2.69. The number of aliphatic hydroxyl groups is 2. The van der Waals surface area contributed by atoms with E-state index in [0.717, 1.165) is 89.9 Å². The molecule has 0 spiro atoms. The molecule has 0 bridgehead atoms. The molecular weight excluding hydrogens is 795 g/mol. The summed E-state index contributed by atoms with van der Waals surface area (Å²) in [5.74, 6) is -0.0999. The Kier molecular flexibility index (Phi) is 53.3. The zero-order valence-electron chi connectivity index (χ0n) is 43.0. The number of carbonyl (C=O) groups excluding carboxylic acids is 1. The molecule has 65 heavy (non-hydrogen) atoms. The smallest absolute Gasteiger partial charge is 0.220 e. The Labute approximate surface area is 404 Å². The number of carbonyl (C=O) groups is 1. The van der Waals surface area contributed by atoms with E-state index in [4.69, 9.17) is 0 Å². The van der Waals surface area contributed by atoms with Crippen molar-refractivity contribution in [2.45, 2.75) is 276 Å². The van der Waals surface area contributed by atoms with Crippen molar-refractivity contribution < 1.29 is 15.0 Å². The zero-order valence-corrected chi connectivity index (χ0v) is 43.0. The first-order chi connectivity index (χ1) is 32.2. The molecule has 3 N–H and O–H groups in total. The number of nitrogens with one attached hydrogen (secondary N) is 1. The van der Waals surface area contributed by atoms with Crippen molar-refractivity contribution in [1.29, 1.82) is 0 Å². The highest BCUT2D eigenvalue weighted by atomic mass is 16.3. The third-order valence-corrected chi connectivity index (χ3v) is 12.3. The van der Waals surface area contributed by atoms with Crippen LogP contribution in [0.4, 0.5) is 0 Å². The topological polar surface area (TPSA) is 69.6 Å². The average molecular weight is 903 g/mol. The van der Waals surface area contributed by atoms with E-state index >= 15 is 0 Å². The van der Waals surface area contributed by atoms with Crippen molar-refractivity contribution in [3.05, 3.63) is 97.2 Å². The molecule has 0 aromatic carbocycles. The van der Waals surface area contributed by atoms with E-state index in [1.54, 1.807) is 6.08 Å². The fourth-order valence-corrected chi connectivity index (χ4v) is 8.08. The van der Waals surface area contributed by atoms with Gasteiger partial charge in [-0.05, 0) is 83.5 Å². The van der Waals surface area contributed by atoms with E-state index in [-0.39, 0.29) is 12.5 Å². The summed E-state index contributed by atoms with van der Waals surface area (Å²) in [4.78, 5) is 12.4. The van der Waals surface area contributed by atoms with Crippen molar-refractivity contribution in [2.75, 3.05) is 6.61 Å². The number of unbranched alkanes of at least 4 members (excludes halogenated alkanes) is 29. The monoisotopic (exact) mass is 902 g/mol. The van der Waals surface area contributed by atoms with Crippen LogP contribution in [0.15, 0.2) is 97.2 Å². The van der Waals surface area contributed by atoms with Gasteiger partial charge in [-0.25, -0.2) is 0 Å². The molecule has 0 rings (SSSR count). The second-order valence-corrected chi connectivity index (χ2v) is 18.6. The summed E-state index contributed by atoms with van der Waals surface area (Å²) in [6.07, 6.45) is 82.8. The number of hydrogen-bond acceptors (Lipinski definition) is 3. The lowest BCUT2D eigenvalue weighted by Gasteiger charge is -2.19. The van der Waals surface area contributed by atoms with Crippen molar-refractivity contribution >= 4 is 5.91 Å². The predicted molar refractivity (Wildman–Crippen MR) is 290 cm³/mol. The fourth-order valence-electron chi connectivity index (χ4n) is 8.08. The standard InChI is InChI=1S/C61H107NO3/c1-3-5-7-9-11-13-15-17-19-21-23-25-27-28-29-30-31-32-33-35-36-38-40-42-44-46-48-50-52-54-56-60(64)59(58-63)62-61(65)57-55-53-51-49-47-45-43-41-39-37-34-26-24-22-20-18-16-14-12-10-8-6-4-2/h6,8,12,14,18,20,24,26,37,39,43,45-46,48,54,56,59-60,63-64H,3-5,7,9-11,13,15-17,19,21-23,25,27-36,38,40-42,44,47,49-53,55,57-58H2,1-2H3,(H,62,65)/b8-6-,14-12-,20-18-,26-24-,39-37-,45-43-,48-46+,56-54+. The molecule has 0 aromatic heterocycles. The molecular formula is C61H107NO3. The van der Waals surface area contributed by atoms with Gasteiger partial charge in [0, 0.05) is 6.42 Å². The van der Waals surface area contributed by atoms with Crippen LogP contribution < -0.4 is 5.32 Å². The van der Waals surface area contributed by atoms with Crippen LogP contribution in [0.5, 0.6) is 0 Å². The third kappa shape index (κ3) is 52.1. The minimum Gasteiger partial charge on any atom is -0.394 e. The average Bonchev–Trinajstić information content (AvgIpc) is 3.31. The third-order valence-electron chi connectivity index (χ3n) is 12.3. The predicted octanol–water partition coefficient (Wildman–Crippen LogP) is 18.5. The summed E-state index contributed by atoms with van der Waals surface area (Å²) in [5, 5.41) is 23.1. The Morgan fingerprint density at radius 2 is 0.692 bits per heavy atom. The molecule has 0 aliphatic carbocycles. The second-order valence-electron chi connectivity index (χ2n) is 18.6. The van der Waals surface area contributed by atoms with Gasteiger partial charge in [0.15, 0.2) is 0 Å². The van der Waals surface area contributed by atoms with E-state index in [9.17, 15) is 15.0 Å². The van der Waals surface area contributed by atoms with Gasteiger partial charge in [-0.1, -0.05) is 272 Å². The molecule has 0 radical (unpaired) electrons. The molecule has 0 saturated heterocycles. The Balaban J connectivity index is 3.60. The summed E-state index contributed by atoms with van der Waals surface area (Å²) < 4.78 is 0. The van der Waals surface area contributed by atoms with E-state index in [1.807, 2.05) is 6.08 Å². The second kappa shape index (κ2) is 55.6. The summed E-state index contributed by atoms with van der Waals surface area (Å²) in [7, 11) is 0. The highest BCUT2D eigenvalue weighted by Crippen LogP contribution is 2.16.